The predicted octanol–water partition coefficient (Wildman–Crippen LogP) is 2.86. The molecule has 6 heteroatoms. The highest BCUT2D eigenvalue weighted by molar-refractivity contribution is 9.08. The lowest BCUT2D eigenvalue weighted by Crippen LogP contribution is -2.52. The zero-order valence-corrected chi connectivity index (χ0v) is 10.7. The molecule has 1 aromatic rings. The number of benzene rings is 1. The molecule has 1 atom stereocenters. The number of hydroxylamine groups is 2. The van der Waals surface area contributed by atoms with E-state index in [2.05, 4.69) is 20.5 Å². The molecule has 0 aliphatic heterocycles. The van der Waals surface area contributed by atoms with E-state index in [1.165, 1.54) is 7.11 Å². The van der Waals surface area contributed by atoms with Gasteiger partial charge in [0, 0.05) is 17.2 Å². The Labute approximate surface area is 102 Å². The van der Waals surface area contributed by atoms with Gasteiger partial charge in [0.25, 0.3) is 0 Å². The van der Waals surface area contributed by atoms with Crippen molar-refractivity contribution in [1.82, 2.24) is 8.99 Å². The van der Waals surface area contributed by atoms with Crippen molar-refractivity contribution >= 4 is 39.5 Å². The molecule has 0 aliphatic carbocycles. The van der Waals surface area contributed by atoms with E-state index in [1.54, 1.807) is 31.3 Å². The number of carbonyl (C=O) groups excluding carboxylic acids is 1. The second-order valence-corrected chi connectivity index (χ2v) is 3.82. The number of amides is 2. The summed E-state index contributed by atoms with van der Waals surface area (Å²) in [5, 5.41) is 0.612. The van der Waals surface area contributed by atoms with Crippen LogP contribution in [0.25, 0.3) is 0 Å². The molecular formula is C9H11BrClN2O2+. The summed E-state index contributed by atoms with van der Waals surface area (Å²) < 4.78 is 2.04. The third-order valence-corrected chi connectivity index (χ3v) is 2.74. The van der Waals surface area contributed by atoms with Crippen LogP contribution in [0.1, 0.15) is 0 Å². The second-order valence-electron chi connectivity index (χ2n) is 2.98. The van der Waals surface area contributed by atoms with E-state index in [-0.39, 0.29) is 10.7 Å². The lowest BCUT2D eigenvalue weighted by molar-refractivity contribution is -0.0547. The number of nitrogens with one attached hydrogen (secondary N) is 1. The summed E-state index contributed by atoms with van der Waals surface area (Å²) in [5.41, 5.74) is 0.679. The number of urea groups is 1. The van der Waals surface area contributed by atoms with Crippen LogP contribution < -0.4 is 8.99 Å². The van der Waals surface area contributed by atoms with E-state index >= 15 is 0 Å². The van der Waals surface area contributed by atoms with Crippen molar-refractivity contribution in [2.24, 2.45) is 0 Å². The van der Waals surface area contributed by atoms with Crippen molar-refractivity contribution in [3.05, 3.63) is 29.3 Å². The van der Waals surface area contributed by atoms with Crippen molar-refractivity contribution < 1.29 is 9.63 Å². The van der Waals surface area contributed by atoms with Gasteiger partial charge in [0.15, 0.2) is 5.69 Å². The van der Waals surface area contributed by atoms with Crippen molar-refractivity contribution in [3.63, 3.8) is 0 Å². The highest BCUT2D eigenvalue weighted by Gasteiger charge is 2.35. The first kappa shape index (κ1) is 12.4. The van der Waals surface area contributed by atoms with Crippen molar-refractivity contribution in [3.8, 4) is 0 Å². The van der Waals surface area contributed by atoms with E-state index in [9.17, 15) is 4.79 Å². The minimum atomic E-state index is -0.333. The van der Waals surface area contributed by atoms with Gasteiger partial charge in [-0.05, 0) is 12.1 Å². The summed E-state index contributed by atoms with van der Waals surface area (Å²) in [6.07, 6.45) is 0. The Morgan fingerprint density at radius 1 is 1.47 bits per heavy atom. The van der Waals surface area contributed by atoms with Crippen LogP contribution in [0.5, 0.6) is 0 Å². The number of quaternary nitrogens is 1. The first-order chi connectivity index (χ1) is 7.04. The lowest BCUT2D eigenvalue weighted by atomic mass is 10.3. The van der Waals surface area contributed by atoms with E-state index < -0.39 is 0 Å². The maximum atomic E-state index is 11.6. The molecule has 1 unspecified atom stereocenters. The molecule has 0 saturated heterocycles. The van der Waals surface area contributed by atoms with Crippen LogP contribution in [0.2, 0.25) is 5.02 Å². The third-order valence-electron chi connectivity index (χ3n) is 2.15. The quantitative estimate of drug-likeness (QED) is 0.517. The fourth-order valence-electron chi connectivity index (χ4n) is 1.11. The zero-order valence-electron chi connectivity index (χ0n) is 8.33. The number of carbonyl (C=O) groups is 1. The predicted molar refractivity (Wildman–Crippen MR) is 63.6 cm³/mol. The molecule has 1 N–H and O–H groups in total. The van der Waals surface area contributed by atoms with Gasteiger partial charge < -0.3 is 0 Å². The van der Waals surface area contributed by atoms with Gasteiger partial charge in [0.2, 0.25) is 0 Å². The van der Waals surface area contributed by atoms with Gasteiger partial charge in [-0.25, -0.2) is 9.14 Å². The van der Waals surface area contributed by atoms with Crippen LogP contribution in [-0.4, -0.2) is 20.2 Å². The number of halogens is 2. The Balaban J connectivity index is 3.11. The number of rotatable bonds is 2. The van der Waals surface area contributed by atoms with E-state index in [4.69, 9.17) is 16.4 Å². The highest BCUT2D eigenvalue weighted by atomic mass is 79.9. The van der Waals surface area contributed by atoms with Crippen molar-refractivity contribution in [2.45, 2.75) is 0 Å². The molecule has 0 aliphatic rings. The Kier molecular flexibility index (Phi) is 4.10. The van der Waals surface area contributed by atoms with Gasteiger partial charge in [-0.3, -0.25) is 0 Å². The van der Waals surface area contributed by atoms with Crippen LogP contribution in [0, 0.1) is 0 Å². The smallest absolute Gasteiger partial charge is 0.238 e. The summed E-state index contributed by atoms with van der Waals surface area (Å²) in [5.74, 6) is 0. The molecule has 0 bridgehead atoms. The molecule has 0 spiro atoms. The summed E-state index contributed by atoms with van der Waals surface area (Å²) in [6, 6.07) is 6.53. The van der Waals surface area contributed by atoms with E-state index in [0.29, 0.717) is 10.7 Å². The van der Waals surface area contributed by atoms with Crippen LogP contribution in [0.3, 0.4) is 0 Å². The van der Waals surface area contributed by atoms with Gasteiger partial charge in [0.1, 0.15) is 7.05 Å². The van der Waals surface area contributed by atoms with Crippen LogP contribution in [-0.2, 0) is 4.84 Å². The Morgan fingerprint density at radius 3 is 2.40 bits per heavy atom. The highest BCUT2D eigenvalue weighted by Crippen LogP contribution is 2.23. The Morgan fingerprint density at radius 2 is 2.00 bits per heavy atom. The van der Waals surface area contributed by atoms with Gasteiger partial charge in [-0.2, -0.15) is 4.84 Å². The maximum absolute atomic E-state index is 11.6. The standard InChI is InChI=1S/C9H10BrClN2O2/c1-13(15-2,9(14)12-10)8-5-3-7(11)4-6-8/h3-6H,1-2H3/p+1. The first-order valence-corrected chi connectivity index (χ1v) is 5.31. The van der Waals surface area contributed by atoms with E-state index in [1.807, 2.05) is 0 Å². The molecule has 1 rings (SSSR count). The summed E-state index contributed by atoms with van der Waals surface area (Å²) in [7, 11) is 3.08. The largest absolute Gasteiger partial charge is 0.464 e. The Bertz CT molecular complexity index is 358. The van der Waals surface area contributed by atoms with Gasteiger partial charge >= 0.3 is 6.03 Å². The molecule has 82 valence electrons. The van der Waals surface area contributed by atoms with Crippen LogP contribution in [0.4, 0.5) is 10.5 Å². The lowest BCUT2D eigenvalue weighted by Gasteiger charge is -2.25. The molecule has 0 fully saturated rings. The Hall–Kier alpha value is -0.620. The van der Waals surface area contributed by atoms with Gasteiger partial charge in [-0.1, -0.05) is 16.2 Å². The molecule has 4 nitrogen and oxygen atoms in total. The minimum absolute atomic E-state index is 0.317. The molecule has 2 amide bonds. The van der Waals surface area contributed by atoms with E-state index in [0.717, 1.165) is 0 Å². The average Bonchev–Trinajstić information content (AvgIpc) is 2.27. The molecule has 0 radical (unpaired) electrons. The molecule has 0 heterocycles. The zero-order chi connectivity index (χ0) is 11.5. The number of hydrogen-bond acceptors (Lipinski definition) is 2. The number of hydrogen-bond donors (Lipinski definition) is 1. The monoisotopic (exact) mass is 293 g/mol. The molecular weight excluding hydrogens is 283 g/mol. The fraction of sp³-hybridized carbons (Fsp3) is 0.222. The topological polar surface area (TPSA) is 38.3 Å². The summed E-state index contributed by atoms with van der Waals surface area (Å²) >= 11 is 8.64. The van der Waals surface area contributed by atoms with Crippen LogP contribution >= 0.6 is 27.7 Å². The normalized spacial score (nSPS) is 14.4. The molecule has 0 saturated carbocycles. The van der Waals surface area contributed by atoms with Gasteiger partial charge in [0.05, 0.1) is 23.3 Å². The summed E-state index contributed by atoms with van der Waals surface area (Å²) in [4.78, 5) is 16.8. The SMILES string of the molecule is CO[N+](C)(C(=O)NBr)c1ccc(Cl)cc1. The molecule has 0 aromatic heterocycles. The average molecular weight is 295 g/mol. The molecule has 15 heavy (non-hydrogen) atoms. The number of nitrogens with zero attached hydrogens (tertiary/aromatic N) is 1. The molecule has 1 aromatic carbocycles. The maximum Gasteiger partial charge on any atom is 0.464 e. The van der Waals surface area contributed by atoms with Crippen LogP contribution in [0.15, 0.2) is 24.3 Å². The first-order valence-electron chi connectivity index (χ1n) is 4.14. The summed E-state index contributed by atoms with van der Waals surface area (Å²) in [6.45, 7) is 0. The van der Waals surface area contributed by atoms with Crippen molar-refractivity contribution in [1.29, 1.82) is 0 Å². The second kappa shape index (κ2) is 4.94. The fourth-order valence-corrected chi connectivity index (χ4v) is 1.58. The van der Waals surface area contributed by atoms with Gasteiger partial charge in [-0.15, -0.1) is 0 Å². The minimum Gasteiger partial charge on any atom is -0.238 e. The third kappa shape index (κ3) is 2.49. The van der Waals surface area contributed by atoms with Crippen molar-refractivity contribution in [2.75, 3.05) is 14.2 Å².